The van der Waals surface area contributed by atoms with Crippen LogP contribution in [-0.4, -0.2) is 73.0 Å². The Balaban J connectivity index is 1.28. The zero-order valence-electron chi connectivity index (χ0n) is 16.1. The number of fused-ring (bicyclic) bond motifs is 1. The predicted octanol–water partition coefficient (Wildman–Crippen LogP) is 2.55. The molecule has 4 rings (SSSR count). The summed E-state index contributed by atoms with van der Waals surface area (Å²) in [5, 5.41) is 1.17. The van der Waals surface area contributed by atoms with Crippen LogP contribution >= 0.6 is 0 Å². The molecule has 2 N–H and O–H groups in total. The average Bonchev–Trinajstić information content (AvgIpc) is 3.23. The van der Waals surface area contributed by atoms with Crippen LogP contribution in [0.2, 0.25) is 0 Å². The Hall–Kier alpha value is -1.56. The molecule has 1 unspecified atom stereocenters. The summed E-state index contributed by atoms with van der Waals surface area (Å²) in [4.78, 5) is 2.59. The second-order valence-corrected chi connectivity index (χ2v) is 8.39. The minimum Gasteiger partial charge on any atom is -0.398 e. The summed E-state index contributed by atoms with van der Waals surface area (Å²) in [6, 6.07) is 8.32. The second kappa shape index (κ2) is 7.59. The largest absolute Gasteiger partial charge is 0.398 e. The zero-order valence-corrected chi connectivity index (χ0v) is 16.1. The molecule has 2 saturated heterocycles. The number of likely N-dealkylation sites (tertiary alicyclic amines) is 1. The number of anilines is 1. The normalized spacial score (nSPS) is 23.7. The summed E-state index contributed by atoms with van der Waals surface area (Å²) in [5.41, 5.74) is 8.19. The molecule has 1 aromatic heterocycles. The van der Waals surface area contributed by atoms with Gasteiger partial charge in [0.2, 0.25) is 0 Å². The van der Waals surface area contributed by atoms with E-state index in [0.29, 0.717) is 6.10 Å². The monoisotopic (exact) mass is 357 g/mol. The van der Waals surface area contributed by atoms with E-state index in [2.05, 4.69) is 34.8 Å². The van der Waals surface area contributed by atoms with Crippen LogP contribution in [0.3, 0.4) is 0 Å². The predicted molar refractivity (Wildman–Crippen MR) is 107 cm³/mol. The molecule has 0 radical (unpaired) electrons. The van der Waals surface area contributed by atoms with Crippen molar-refractivity contribution in [3.05, 3.63) is 30.5 Å². The van der Waals surface area contributed by atoms with Crippen LogP contribution in [-0.2, 0) is 11.3 Å². The van der Waals surface area contributed by atoms with Crippen molar-refractivity contribution in [2.45, 2.75) is 31.9 Å². The number of likely N-dealkylation sites (N-methyl/N-ethyl adjacent to an activating group) is 1. The number of nitrogens with zero attached hydrogens (tertiary/aromatic N) is 3. The van der Waals surface area contributed by atoms with Crippen molar-refractivity contribution in [3.63, 3.8) is 0 Å². The van der Waals surface area contributed by atoms with Crippen LogP contribution in [0.1, 0.15) is 19.3 Å². The Morgan fingerprint density at radius 3 is 2.88 bits per heavy atom. The van der Waals surface area contributed by atoms with Crippen molar-refractivity contribution in [1.82, 2.24) is 9.47 Å². The van der Waals surface area contributed by atoms with Crippen molar-refractivity contribution >= 4 is 16.6 Å². The fourth-order valence-corrected chi connectivity index (χ4v) is 4.77. The van der Waals surface area contributed by atoms with Crippen LogP contribution in [0.4, 0.5) is 5.69 Å². The molecule has 2 fully saturated rings. The number of benzene rings is 1. The van der Waals surface area contributed by atoms with E-state index in [4.69, 9.17) is 10.5 Å². The van der Waals surface area contributed by atoms with Crippen molar-refractivity contribution in [2.75, 3.05) is 58.7 Å². The van der Waals surface area contributed by atoms with Gasteiger partial charge in [0, 0.05) is 56.3 Å². The summed E-state index contributed by atoms with van der Waals surface area (Å²) in [6.07, 6.45) is 6.49. The van der Waals surface area contributed by atoms with Gasteiger partial charge in [-0.25, -0.2) is 0 Å². The number of nitrogens with two attached hydrogens (primary N) is 1. The van der Waals surface area contributed by atoms with Crippen LogP contribution in [0.15, 0.2) is 30.5 Å². The maximum Gasteiger partial charge on any atom is 0.119 e. The number of hydrogen-bond acceptors (Lipinski definition) is 3. The van der Waals surface area contributed by atoms with Crippen molar-refractivity contribution in [2.24, 2.45) is 0 Å². The quantitative estimate of drug-likeness (QED) is 0.638. The molecule has 3 heterocycles. The van der Waals surface area contributed by atoms with Crippen LogP contribution in [0, 0.1) is 0 Å². The number of morpholine rings is 1. The van der Waals surface area contributed by atoms with Crippen LogP contribution in [0.5, 0.6) is 0 Å². The van der Waals surface area contributed by atoms with Crippen molar-refractivity contribution in [3.8, 4) is 0 Å². The molecule has 5 nitrogen and oxygen atoms in total. The number of ether oxygens (including phenoxy) is 1. The molecule has 1 atom stereocenters. The average molecular weight is 358 g/mol. The first-order chi connectivity index (χ1) is 12.6. The second-order valence-electron chi connectivity index (χ2n) is 8.39. The maximum absolute atomic E-state index is 6.08. The third-order valence-electron chi connectivity index (χ3n) is 6.23. The molecular formula is C21H33N4O+. The van der Waals surface area contributed by atoms with E-state index in [1.165, 1.54) is 47.9 Å². The third-order valence-corrected chi connectivity index (χ3v) is 6.23. The summed E-state index contributed by atoms with van der Waals surface area (Å²) < 4.78 is 9.62. The summed E-state index contributed by atoms with van der Waals surface area (Å²) in [7, 11) is 2.40. The van der Waals surface area contributed by atoms with Gasteiger partial charge in [-0.05, 0) is 24.6 Å². The summed E-state index contributed by atoms with van der Waals surface area (Å²) in [5.74, 6) is 0. The molecule has 0 amide bonds. The van der Waals surface area contributed by atoms with Crippen LogP contribution in [0.25, 0.3) is 10.9 Å². The number of nitrogen functional groups attached to an aromatic ring is 1. The molecule has 0 saturated carbocycles. The van der Waals surface area contributed by atoms with Gasteiger partial charge < -0.3 is 19.5 Å². The van der Waals surface area contributed by atoms with E-state index in [0.717, 1.165) is 44.9 Å². The third kappa shape index (κ3) is 3.90. The van der Waals surface area contributed by atoms with E-state index in [-0.39, 0.29) is 0 Å². The van der Waals surface area contributed by atoms with Crippen LogP contribution < -0.4 is 5.73 Å². The highest BCUT2D eigenvalue weighted by molar-refractivity contribution is 5.91. The maximum atomic E-state index is 6.08. The number of hydrogen-bond donors (Lipinski definition) is 1. The first-order valence-corrected chi connectivity index (χ1v) is 10.1. The van der Waals surface area contributed by atoms with Crippen molar-refractivity contribution in [1.29, 1.82) is 0 Å². The number of aromatic nitrogens is 1. The minimum absolute atomic E-state index is 0.402. The molecule has 26 heavy (non-hydrogen) atoms. The first kappa shape index (κ1) is 17.8. The Labute approximate surface area is 156 Å². The van der Waals surface area contributed by atoms with E-state index >= 15 is 0 Å². The Kier molecular flexibility index (Phi) is 5.20. The molecule has 1 aromatic carbocycles. The smallest absolute Gasteiger partial charge is 0.119 e. The number of rotatable bonds is 6. The van der Waals surface area contributed by atoms with E-state index < -0.39 is 0 Å². The topological polar surface area (TPSA) is 43.4 Å². The van der Waals surface area contributed by atoms with Gasteiger partial charge in [-0.1, -0.05) is 6.07 Å². The number of quaternary nitrogens is 1. The van der Waals surface area contributed by atoms with Gasteiger partial charge in [0.05, 0.1) is 32.3 Å². The van der Waals surface area contributed by atoms with Gasteiger partial charge in [-0.15, -0.1) is 0 Å². The molecule has 5 heteroatoms. The Bertz CT molecular complexity index is 735. The molecule has 142 valence electrons. The summed E-state index contributed by atoms with van der Waals surface area (Å²) >= 11 is 0. The lowest BCUT2D eigenvalue weighted by Gasteiger charge is -2.38. The molecule has 0 aliphatic carbocycles. The molecule has 2 aromatic rings. The number of aryl methyl sites for hydroxylation is 1. The lowest BCUT2D eigenvalue weighted by Crippen LogP contribution is -2.53. The molecule has 2 aliphatic heterocycles. The fraction of sp³-hybridized carbons (Fsp3) is 0.619. The van der Waals surface area contributed by atoms with E-state index in [1.807, 2.05) is 12.1 Å². The van der Waals surface area contributed by atoms with Gasteiger partial charge in [0.15, 0.2) is 0 Å². The highest BCUT2D eigenvalue weighted by Crippen LogP contribution is 2.22. The van der Waals surface area contributed by atoms with E-state index in [9.17, 15) is 0 Å². The highest BCUT2D eigenvalue weighted by atomic mass is 16.5. The molecule has 2 aliphatic rings. The van der Waals surface area contributed by atoms with Gasteiger partial charge in [0.25, 0.3) is 0 Å². The SMILES string of the molecule is C[N+]1(CC2CN(CCCn3ccc4c(N)cccc43)CCO2)CCCC1. The fourth-order valence-electron chi connectivity index (χ4n) is 4.77. The van der Waals surface area contributed by atoms with E-state index in [1.54, 1.807) is 0 Å². The van der Waals surface area contributed by atoms with Gasteiger partial charge in [-0.3, -0.25) is 4.90 Å². The Morgan fingerprint density at radius 2 is 2.04 bits per heavy atom. The highest BCUT2D eigenvalue weighted by Gasteiger charge is 2.32. The lowest BCUT2D eigenvalue weighted by molar-refractivity contribution is -0.900. The van der Waals surface area contributed by atoms with Gasteiger partial charge in [-0.2, -0.15) is 0 Å². The van der Waals surface area contributed by atoms with Gasteiger partial charge >= 0.3 is 0 Å². The zero-order chi connectivity index (χ0) is 18.0. The lowest BCUT2D eigenvalue weighted by atomic mass is 10.2. The van der Waals surface area contributed by atoms with Gasteiger partial charge in [0.1, 0.15) is 12.6 Å². The molecular weight excluding hydrogens is 324 g/mol. The Morgan fingerprint density at radius 1 is 1.19 bits per heavy atom. The van der Waals surface area contributed by atoms with Crippen molar-refractivity contribution < 1.29 is 9.22 Å². The minimum atomic E-state index is 0.402. The summed E-state index contributed by atoms with van der Waals surface area (Å²) in [6.45, 7) is 9.06. The molecule has 0 bridgehead atoms. The molecule has 0 spiro atoms. The standard InChI is InChI=1S/C21H33N4O/c1-25(13-2-3-14-25)17-18-16-23(12-15-26-18)9-5-10-24-11-8-19-20(22)6-4-7-21(19)24/h4,6-8,11,18H,2-3,5,9-10,12-17,22H2,1H3/q+1. The first-order valence-electron chi connectivity index (χ1n) is 10.1.